The van der Waals surface area contributed by atoms with Gasteiger partial charge < -0.3 is 0 Å². The van der Waals surface area contributed by atoms with Gasteiger partial charge in [-0.25, -0.2) is 0 Å². The molecule has 30 heavy (non-hydrogen) atoms. The number of nitrogens with zero attached hydrogens (tertiary/aromatic N) is 3. The summed E-state index contributed by atoms with van der Waals surface area (Å²) in [7, 11) is 0. The van der Waals surface area contributed by atoms with E-state index in [9.17, 15) is 0 Å². The van der Waals surface area contributed by atoms with Gasteiger partial charge in [-0.15, -0.1) is 4.68 Å². The van der Waals surface area contributed by atoms with Crippen molar-refractivity contribution in [1.29, 1.82) is 0 Å². The molecule has 3 heteroatoms. The van der Waals surface area contributed by atoms with Crippen molar-refractivity contribution < 1.29 is 4.68 Å². The van der Waals surface area contributed by atoms with Crippen molar-refractivity contribution >= 4 is 0 Å². The molecule has 0 aliphatic rings. The van der Waals surface area contributed by atoms with Crippen LogP contribution in [0.5, 0.6) is 0 Å². The fraction of sp³-hybridized carbons (Fsp3) is 0.481. The summed E-state index contributed by atoms with van der Waals surface area (Å²) in [6.45, 7) is 20.3. The highest BCUT2D eigenvalue weighted by Gasteiger charge is 2.27. The Kier molecular flexibility index (Phi) is 6.50. The average molecular weight is 405 g/mol. The van der Waals surface area contributed by atoms with E-state index in [-0.39, 0.29) is 0 Å². The summed E-state index contributed by atoms with van der Waals surface area (Å²) < 4.78 is 4.27. The van der Waals surface area contributed by atoms with E-state index in [1.54, 1.807) is 0 Å². The lowest BCUT2D eigenvalue weighted by atomic mass is 9.92. The van der Waals surface area contributed by atoms with Crippen LogP contribution in [-0.4, -0.2) is 9.90 Å². The smallest absolute Gasteiger partial charge is 0.101 e. The number of hydrogen-bond donors (Lipinski definition) is 0. The molecule has 3 nitrogen and oxygen atoms in total. The van der Waals surface area contributed by atoms with E-state index in [0.717, 1.165) is 5.69 Å². The van der Waals surface area contributed by atoms with Gasteiger partial charge in [0.1, 0.15) is 5.21 Å². The van der Waals surface area contributed by atoms with Gasteiger partial charge in [-0.3, -0.25) is 0 Å². The number of aromatic nitrogens is 3. The Morgan fingerprint density at radius 3 is 1.47 bits per heavy atom. The van der Waals surface area contributed by atoms with Gasteiger partial charge in [0, 0.05) is 29.2 Å². The van der Waals surface area contributed by atoms with Crippen molar-refractivity contribution in [3.05, 3.63) is 70.5 Å². The van der Waals surface area contributed by atoms with Gasteiger partial charge in [0.2, 0.25) is 0 Å². The first kappa shape index (κ1) is 22.3. The first-order valence-electron chi connectivity index (χ1n) is 11.4. The van der Waals surface area contributed by atoms with Crippen LogP contribution < -0.4 is 4.68 Å². The van der Waals surface area contributed by atoms with Crippen LogP contribution in [0.15, 0.2) is 42.6 Å². The largest absolute Gasteiger partial charge is 0.171 e. The summed E-state index contributed by atoms with van der Waals surface area (Å²) in [5.41, 5.74) is 9.01. The van der Waals surface area contributed by atoms with Crippen molar-refractivity contribution in [3.63, 3.8) is 0 Å². The predicted octanol–water partition coefficient (Wildman–Crippen LogP) is 6.95. The minimum atomic E-state index is 0.435. The normalized spacial score (nSPS) is 12.0. The topological polar surface area (TPSA) is 21.7 Å². The lowest BCUT2D eigenvalue weighted by Crippen LogP contribution is -2.39. The standard InChI is InChI=1S/C27H38N3/c1-17(2)22-12-10-13-23(18(3)4)26(22)29-16-21(9)30(28-29)27-24(19(5)6)14-11-15-25(27)20(7)8/h10-20H,1-9H3/q+1. The van der Waals surface area contributed by atoms with Crippen LogP contribution in [0.1, 0.15) is 107 Å². The van der Waals surface area contributed by atoms with Gasteiger partial charge in [0.25, 0.3) is 0 Å². The zero-order chi connectivity index (χ0) is 22.2. The van der Waals surface area contributed by atoms with E-state index in [4.69, 9.17) is 5.21 Å². The van der Waals surface area contributed by atoms with E-state index in [0.29, 0.717) is 23.7 Å². The summed E-state index contributed by atoms with van der Waals surface area (Å²) in [5, 5.41) is 5.16. The molecule has 160 valence electrons. The fourth-order valence-electron chi connectivity index (χ4n) is 4.29. The molecule has 2 aromatic carbocycles. The summed E-state index contributed by atoms with van der Waals surface area (Å²) in [6, 6.07) is 13.4. The Labute approximate surface area is 182 Å². The van der Waals surface area contributed by atoms with Gasteiger partial charge in [-0.2, -0.15) is 0 Å². The molecule has 3 rings (SSSR count). The van der Waals surface area contributed by atoms with Crippen molar-refractivity contribution in [3.8, 4) is 11.4 Å². The first-order chi connectivity index (χ1) is 14.1. The maximum atomic E-state index is 5.16. The van der Waals surface area contributed by atoms with E-state index in [1.807, 2.05) is 0 Å². The van der Waals surface area contributed by atoms with Crippen molar-refractivity contribution in [1.82, 2.24) is 9.90 Å². The molecule has 3 aromatic rings. The molecular weight excluding hydrogens is 366 g/mol. The van der Waals surface area contributed by atoms with Crippen LogP contribution in [0.3, 0.4) is 0 Å². The lowest BCUT2D eigenvalue weighted by Gasteiger charge is -2.16. The number of para-hydroxylation sites is 2. The molecule has 0 amide bonds. The fourth-order valence-corrected chi connectivity index (χ4v) is 4.29. The zero-order valence-corrected chi connectivity index (χ0v) is 20.2. The molecule has 1 heterocycles. The summed E-state index contributed by atoms with van der Waals surface area (Å²) >= 11 is 0. The van der Waals surface area contributed by atoms with Gasteiger partial charge in [0.05, 0.1) is 0 Å². The highest BCUT2D eigenvalue weighted by Crippen LogP contribution is 2.31. The Morgan fingerprint density at radius 2 is 1.07 bits per heavy atom. The number of benzene rings is 2. The maximum Gasteiger partial charge on any atom is 0.171 e. The molecule has 0 radical (unpaired) electrons. The average Bonchev–Trinajstić information content (AvgIpc) is 3.07. The van der Waals surface area contributed by atoms with Crippen LogP contribution >= 0.6 is 0 Å². The van der Waals surface area contributed by atoms with Crippen LogP contribution in [0.25, 0.3) is 11.4 Å². The van der Waals surface area contributed by atoms with Crippen LogP contribution in [0.4, 0.5) is 0 Å². The SMILES string of the molecule is Cc1cn(-c2c(C(C)C)cccc2C(C)C)n[n+]1-c1c(C(C)C)cccc1C(C)C. The van der Waals surface area contributed by atoms with E-state index in [2.05, 4.69) is 114 Å². The van der Waals surface area contributed by atoms with Crippen molar-refractivity contribution in [2.45, 2.75) is 86.0 Å². The molecule has 0 atom stereocenters. The Hall–Kier alpha value is -2.42. The van der Waals surface area contributed by atoms with Crippen LogP contribution in [-0.2, 0) is 0 Å². The molecule has 0 N–H and O–H groups in total. The molecule has 0 unspecified atom stereocenters. The Balaban J connectivity index is 2.30. The second-order valence-electron chi connectivity index (χ2n) is 9.71. The second-order valence-corrected chi connectivity index (χ2v) is 9.71. The number of hydrogen-bond acceptors (Lipinski definition) is 1. The molecule has 0 aliphatic heterocycles. The summed E-state index contributed by atoms with van der Waals surface area (Å²) in [6.07, 6.45) is 2.19. The minimum absolute atomic E-state index is 0.435. The molecule has 0 bridgehead atoms. The minimum Gasteiger partial charge on any atom is -0.101 e. The predicted molar refractivity (Wildman–Crippen MR) is 126 cm³/mol. The zero-order valence-electron chi connectivity index (χ0n) is 20.2. The Bertz CT molecular complexity index is 970. The maximum absolute atomic E-state index is 5.16. The van der Waals surface area contributed by atoms with Crippen molar-refractivity contribution in [2.75, 3.05) is 0 Å². The van der Waals surface area contributed by atoms with Gasteiger partial charge in [-0.05, 0) is 23.7 Å². The highest BCUT2D eigenvalue weighted by molar-refractivity contribution is 5.51. The number of rotatable bonds is 6. The number of aryl methyl sites for hydroxylation is 1. The van der Waals surface area contributed by atoms with Crippen molar-refractivity contribution in [2.24, 2.45) is 0 Å². The first-order valence-corrected chi connectivity index (χ1v) is 11.4. The lowest BCUT2D eigenvalue weighted by molar-refractivity contribution is -0.667. The third-order valence-electron chi connectivity index (χ3n) is 5.95. The summed E-state index contributed by atoms with van der Waals surface area (Å²) in [5.74, 6) is 1.74. The van der Waals surface area contributed by atoms with E-state index in [1.165, 1.54) is 33.6 Å². The molecule has 0 saturated heterocycles. The van der Waals surface area contributed by atoms with Gasteiger partial charge in [0.15, 0.2) is 23.3 Å². The molecule has 1 aromatic heterocycles. The molecule has 0 fully saturated rings. The van der Waals surface area contributed by atoms with Crippen LogP contribution in [0.2, 0.25) is 0 Å². The van der Waals surface area contributed by atoms with E-state index >= 15 is 0 Å². The molecule has 0 saturated carbocycles. The monoisotopic (exact) mass is 404 g/mol. The summed E-state index contributed by atoms with van der Waals surface area (Å²) in [4.78, 5) is 0. The quantitative estimate of drug-likeness (QED) is 0.407. The van der Waals surface area contributed by atoms with Crippen LogP contribution in [0, 0.1) is 6.92 Å². The third kappa shape index (κ3) is 4.08. The Morgan fingerprint density at radius 1 is 0.667 bits per heavy atom. The van der Waals surface area contributed by atoms with E-state index < -0.39 is 0 Å². The molecule has 0 aliphatic carbocycles. The van der Waals surface area contributed by atoms with Gasteiger partial charge >= 0.3 is 0 Å². The highest BCUT2D eigenvalue weighted by atomic mass is 15.5. The molecule has 0 spiro atoms. The second kappa shape index (κ2) is 8.75. The third-order valence-corrected chi connectivity index (χ3v) is 5.95. The molecular formula is C27H38N3+. The van der Waals surface area contributed by atoms with Gasteiger partial charge in [-0.1, -0.05) is 96.5 Å².